The summed E-state index contributed by atoms with van der Waals surface area (Å²) in [6.07, 6.45) is 0. The maximum absolute atomic E-state index is 13.3. The van der Waals surface area contributed by atoms with Gasteiger partial charge in [0.15, 0.2) is 0 Å². The Hall–Kier alpha value is -2.70. The normalized spacial score (nSPS) is 11.0. The van der Waals surface area contributed by atoms with Crippen molar-refractivity contribution in [3.63, 3.8) is 0 Å². The summed E-state index contributed by atoms with van der Waals surface area (Å²) in [4.78, 5) is 30.1. The third kappa shape index (κ3) is 3.22. The van der Waals surface area contributed by atoms with Gasteiger partial charge in [0.1, 0.15) is 12.4 Å². The summed E-state index contributed by atoms with van der Waals surface area (Å²) in [7, 11) is 0. The fourth-order valence-electron chi connectivity index (χ4n) is 3.24. The first kappa shape index (κ1) is 19.1. The van der Waals surface area contributed by atoms with E-state index >= 15 is 0 Å². The van der Waals surface area contributed by atoms with Gasteiger partial charge in [-0.3, -0.25) is 9.36 Å². The third-order valence-corrected chi connectivity index (χ3v) is 4.71. The number of carbonyl (C=O) groups excluding carboxylic acids is 1. The zero-order valence-corrected chi connectivity index (χ0v) is 16.0. The van der Waals surface area contributed by atoms with Crippen molar-refractivity contribution in [3.8, 4) is 5.69 Å². The average molecular weight is 387 g/mol. The molecule has 0 atom stereocenters. The SMILES string of the molecule is CCOC(=O)c1c(C)cc2nc(CO)n(-c3ccccc3Cl)c(=O)c2c1C. The van der Waals surface area contributed by atoms with E-state index in [0.717, 1.165) is 0 Å². The van der Waals surface area contributed by atoms with E-state index in [0.29, 0.717) is 38.3 Å². The zero-order chi connectivity index (χ0) is 19.7. The number of ether oxygens (including phenoxy) is 1. The second kappa shape index (κ2) is 7.50. The van der Waals surface area contributed by atoms with Gasteiger partial charge in [0.05, 0.1) is 33.8 Å². The molecule has 3 rings (SSSR count). The second-order valence-corrected chi connectivity index (χ2v) is 6.49. The Balaban J connectivity index is 2.43. The Bertz CT molecular complexity index is 1110. The van der Waals surface area contributed by atoms with Crippen LogP contribution in [0.2, 0.25) is 5.02 Å². The van der Waals surface area contributed by atoms with Crippen LogP contribution in [0.25, 0.3) is 16.6 Å². The van der Waals surface area contributed by atoms with Crippen LogP contribution in [0.4, 0.5) is 0 Å². The number of aromatic nitrogens is 2. The largest absolute Gasteiger partial charge is 0.462 e. The molecule has 6 nitrogen and oxygen atoms in total. The highest BCUT2D eigenvalue weighted by Crippen LogP contribution is 2.25. The lowest BCUT2D eigenvalue weighted by atomic mass is 9.98. The smallest absolute Gasteiger partial charge is 0.338 e. The van der Waals surface area contributed by atoms with Gasteiger partial charge in [0.2, 0.25) is 0 Å². The number of aliphatic hydroxyl groups excluding tert-OH is 1. The number of carbonyl (C=O) groups is 1. The first-order valence-corrected chi connectivity index (χ1v) is 8.87. The summed E-state index contributed by atoms with van der Waals surface area (Å²) in [6, 6.07) is 8.47. The molecule has 1 aromatic heterocycles. The number of halogens is 1. The molecule has 0 saturated carbocycles. The van der Waals surface area contributed by atoms with Crippen LogP contribution in [0.5, 0.6) is 0 Å². The van der Waals surface area contributed by atoms with Crippen LogP contribution in [0.15, 0.2) is 35.1 Å². The van der Waals surface area contributed by atoms with Gasteiger partial charge in [-0.05, 0) is 50.1 Å². The van der Waals surface area contributed by atoms with Crippen molar-refractivity contribution < 1.29 is 14.6 Å². The van der Waals surface area contributed by atoms with Gasteiger partial charge in [-0.1, -0.05) is 23.7 Å². The number of hydrogen-bond donors (Lipinski definition) is 1. The summed E-state index contributed by atoms with van der Waals surface area (Å²) in [6.45, 7) is 4.98. The Kier molecular flexibility index (Phi) is 5.30. The molecule has 1 heterocycles. The molecule has 0 unspecified atom stereocenters. The van der Waals surface area contributed by atoms with Gasteiger partial charge < -0.3 is 9.84 Å². The molecule has 0 spiro atoms. The minimum absolute atomic E-state index is 0.170. The lowest BCUT2D eigenvalue weighted by Gasteiger charge is -2.16. The van der Waals surface area contributed by atoms with Crippen molar-refractivity contribution in [2.24, 2.45) is 0 Å². The number of benzene rings is 2. The topological polar surface area (TPSA) is 81.4 Å². The second-order valence-electron chi connectivity index (χ2n) is 6.09. The van der Waals surface area contributed by atoms with Crippen LogP contribution in [0.1, 0.15) is 34.2 Å². The number of aliphatic hydroxyl groups is 1. The van der Waals surface area contributed by atoms with Crippen LogP contribution in [0.3, 0.4) is 0 Å². The van der Waals surface area contributed by atoms with Crippen molar-refractivity contribution >= 4 is 28.5 Å². The van der Waals surface area contributed by atoms with E-state index in [-0.39, 0.29) is 12.4 Å². The quantitative estimate of drug-likeness (QED) is 0.695. The minimum atomic E-state index is -0.482. The number of aryl methyl sites for hydroxylation is 2. The number of esters is 1. The van der Waals surface area contributed by atoms with Crippen LogP contribution >= 0.6 is 11.6 Å². The molecule has 3 aromatic rings. The fourth-order valence-corrected chi connectivity index (χ4v) is 3.46. The zero-order valence-electron chi connectivity index (χ0n) is 15.2. The van der Waals surface area contributed by atoms with Gasteiger partial charge in [0.25, 0.3) is 5.56 Å². The monoisotopic (exact) mass is 386 g/mol. The first-order valence-electron chi connectivity index (χ1n) is 8.49. The molecule has 0 amide bonds. The van der Waals surface area contributed by atoms with E-state index < -0.39 is 18.1 Å². The molecule has 7 heteroatoms. The van der Waals surface area contributed by atoms with Crippen molar-refractivity contribution in [1.82, 2.24) is 9.55 Å². The molecule has 1 N–H and O–H groups in total. The fraction of sp³-hybridized carbons (Fsp3) is 0.250. The molecule has 0 aliphatic rings. The lowest BCUT2D eigenvalue weighted by molar-refractivity contribution is 0.0525. The van der Waals surface area contributed by atoms with E-state index in [1.165, 1.54) is 4.57 Å². The minimum Gasteiger partial charge on any atom is -0.462 e. The van der Waals surface area contributed by atoms with E-state index in [1.807, 2.05) is 0 Å². The predicted octanol–water partition coefficient (Wildman–Crippen LogP) is 3.32. The summed E-state index contributed by atoms with van der Waals surface area (Å²) < 4.78 is 6.41. The number of fused-ring (bicyclic) bond motifs is 1. The Morgan fingerprint density at radius 3 is 2.63 bits per heavy atom. The third-order valence-electron chi connectivity index (χ3n) is 4.39. The number of rotatable bonds is 4. The number of nitrogens with zero attached hydrogens (tertiary/aromatic N) is 2. The summed E-state index contributed by atoms with van der Waals surface area (Å²) in [5, 5.41) is 10.4. The Labute approximate surface area is 161 Å². The molecular formula is C20H19ClN2O4. The maximum Gasteiger partial charge on any atom is 0.338 e. The highest BCUT2D eigenvalue weighted by atomic mass is 35.5. The summed E-state index contributed by atoms with van der Waals surface area (Å²) >= 11 is 6.26. The van der Waals surface area contributed by atoms with Gasteiger partial charge >= 0.3 is 5.97 Å². The molecule has 0 fully saturated rings. The lowest BCUT2D eigenvalue weighted by Crippen LogP contribution is -2.26. The van der Waals surface area contributed by atoms with Gasteiger partial charge in [-0.25, -0.2) is 9.78 Å². The van der Waals surface area contributed by atoms with Crippen LogP contribution in [0, 0.1) is 13.8 Å². The van der Waals surface area contributed by atoms with Crippen molar-refractivity contribution in [1.29, 1.82) is 0 Å². The van der Waals surface area contributed by atoms with E-state index in [2.05, 4.69) is 4.98 Å². The average Bonchev–Trinajstić information content (AvgIpc) is 2.62. The molecule has 140 valence electrons. The number of para-hydroxylation sites is 1. The molecule has 0 aliphatic carbocycles. The predicted molar refractivity (Wildman–Crippen MR) is 104 cm³/mol. The van der Waals surface area contributed by atoms with E-state index in [4.69, 9.17) is 16.3 Å². The van der Waals surface area contributed by atoms with Crippen LogP contribution < -0.4 is 5.56 Å². The molecule has 2 aromatic carbocycles. The Morgan fingerprint density at radius 1 is 1.30 bits per heavy atom. The number of hydrogen-bond acceptors (Lipinski definition) is 5. The molecule has 0 bridgehead atoms. The molecule has 27 heavy (non-hydrogen) atoms. The molecule has 0 radical (unpaired) electrons. The first-order chi connectivity index (χ1) is 12.9. The summed E-state index contributed by atoms with van der Waals surface area (Å²) in [5.74, 6) is -0.312. The Morgan fingerprint density at radius 2 is 2.00 bits per heavy atom. The maximum atomic E-state index is 13.3. The standard InChI is InChI=1S/C20H19ClN2O4/c1-4-27-20(26)17-11(2)9-14-18(12(17)3)19(25)23(16(10-24)22-14)15-8-6-5-7-13(15)21/h5-9,24H,4,10H2,1-3H3. The van der Waals surface area contributed by atoms with Gasteiger partial charge in [-0.2, -0.15) is 0 Å². The molecular weight excluding hydrogens is 368 g/mol. The summed E-state index contributed by atoms with van der Waals surface area (Å²) in [5.41, 5.74) is 1.93. The van der Waals surface area contributed by atoms with Gasteiger partial charge in [-0.15, -0.1) is 0 Å². The van der Waals surface area contributed by atoms with E-state index in [9.17, 15) is 14.7 Å². The van der Waals surface area contributed by atoms with Crippen molar-refractivity contribution in [2.75, 3.05) is 6.61 Å². The van der Waals surface area contributed by atoms with Crippen LogP contribution in [-0.2, 0) is 11.3 Å². The van der Waals surface area contributed by atoms with Crippen molar-refractivity contribution in [2.45, 2.75) is 27.4 Å². The molecule has 0 saturated heterocycles. The van der Waals surface area contributed by atoms with Gasteiger partial charge in [0, 0.05) is 0 Å². The van der Waals surface area contributed by atoms with Crippen molar-refractivity contribution in [3.05, 3.63) is 68.2 Å². The molecule has 0 aliphatic heterocycles. The highest BCUT2D eigenvalue weighted by Gasteiger charge is 2.21. The van der Waals surface area contributed by atoms with E-state index in [1.54, 1.807) is 51.1 Å². The van der Waals surface area contributed by atoms with Crippen LogP contribution in [-0.4, -0.2) is 27.2 Å². The highest BCUT2D eigenvalue weighted by molar-refractivity contribution is 6.32.